The minimum atomic E-state index is 0.327. The third-order valence-corrected chi connectivity index (χ3v) is 5.62. The largest absolute Gasteiger partial charge is 0.329 e. The summed E-state index contributed by atoms with van der Waals surface area (Å²) in [5.41, 5.74) is 6.57. The topological polar surface area (TPSA) is 29.3 Å². The van der Waals surface area contributed by atoms with Crippen LogP contribution in [0.4, 0.5) is 0 Å². The molecule has 0 aromatic rings. The second kappa shape index (κ2) is 5.92. The highest BCUT2D eigenvalue weighted by atomic mass is 15.3. The second-order valence-corrected chi connectivity index (χ2v) is 6.98. The second-order valence-electron chi connectivity index (χ2n) is 6.98. The van der Waals surface area contributed by atoms with Crippen LogP contribution in [0.15, 0.2) is 0 Å². The third-order valence-electron chi connectivity index (χ3n) is 5.62. The van der Waals surface area contributed by atoms with E-state index in [1.165, 1.54) is 51.5 Å². The van der Waals surface area contributed by atoms with Gasteiger partial charge in [0.1, 0.15) is 0 Å². The Labute approximate surface area is 113 Å². The van der Waals surface area contributed by atoms with E-state index in [4.69, 9.17) is 5.73 Å². The fraction of sp³-hybridized carbons (Fsp3) is 1.00. The normalized spacial score (nSPS) is 43.0. The van der Waals surface area contributed by atoms with Crippen LogP contribution in [0.3, 0.4) is 0 Å². The average Bonchev–Trinajstić information content (AvgIpc) is 2.61. The van der Waals surface area contributed by atoms with Crippen molar-refractivity contribution in [1.82, 2.24) is 4.90 Å². The van der Waals surface area contributed by atoms with Crippen LogP contribution in [-0.4, -0.2) is 29.6 Å². The predicted octanol–water partition coefficient (Wildman–Crippen LogP) is 3.40. The SMILES string of the molecule is CCC1CCCC(CN)(N2CC(C)CC2C)CC1. The van der Waals surface area contributed by atoms with E-state index >= 15 is 0 Å². The molecule has 0 spiro atoms. The number of hydrogen-bond acceptors (Lipinski definition) is 2. The van der Waals surface area contributed by atoms with Crippen LogP contribution in [0.1, 0.15) is 65.7 Å². The molecule has 2 N–H and O–H groups in total. The molecular weight excluding hydrogens is 220 g/mol. The van der Waals surface area contributed by atoms with Crippen molar-refractivity contribution in [3.05, 3.63) is 0 Å². The standard InChI is InChI=1S/C16H32N2/c1-4-15-6-5-8-16(12-17,9-7-15)18-11-13(2)10-14(18)3/h13-15H,4-12,17H2,1-3H3. The molecular formula is C16H32N2. The Balaban J connectivity index is 2.10. The van der Waals surface area contributed by atoms with E-state index in [1.54, 1.807) is 0 Å². The van der Waals surface area contributed by atoms with Gasteiger partial charge in [0.25, 0.3) is 0 Å². The zero-order valence-corrected chi connectivity index (χ0v) is 12.6. The first kappa shape index (κ1) is 14.3. The molecule has 2 nitrogen and oxygen atoms in total. The molecule has 2 rings (SSSR count). The summed E-state index contributed by atoms with van der Waals surface area (Å²) in [6.45, 7) is 9.28. The molecule has 4 unspecified atom stereocenters. The first-order chi connectivity index (χ1) is 8.61. The van der Waals surface area contributed by atoms with E-state index < -0.39 is 0 Å². The van der Waals surface area contributed by atoms with E-state index in [2.05, 4.69) is 25.7 Å². The first-order valence-corrected chi connectivity index (χ1v) is 8.08. The van der Waals surface area contributed by atoms with Crippen LogP contribution in [-0.2, 0) is 0 Å². The van der Waals surface area contributed by atoms with E-state index in [9.17, 15) is 0 Å². The smallest absolute Gasteiger partial charge is 0.0334 e. The molecule has 106 valence electrons. The van der Waals surface area contributed by atoms with Gasteiger partial charge in [0.15, 0.2) is 0 Å². The number of hydrogen-bond donors (Lipinski definition) is 1. The van der Waals surface area contributed by atoms with Gasteiger partial charge in [-0.25, -0.2) is 0 Å². The lowest BCUT2D eigenvalue weighted by Crippen LogP contribution is -2.55. The van der Waals surface area contributed by atoms with Gasteiger partial charge in [-0.3, -0.25) is 4.90 Å². The van der Waals surface area contributed by atoms with Gasteiger partial charge in [-0.05, 0) is 44.4 Å². The fourth-order valence-electron chi connectivity index (χ4n) is 4.44. The maximum absolute atomic E-state index is 6.24. The first-order valence-electron chi connectivity index (χ1n) is 8.08. The summed E-state index contributed by atoms with van der Waals surface area (Å²) in [4.78, 5) is 2.77. The van der Waals surface area contributed by atoms with Crippen molar-refractivity contribution >= 4 is 0 Å². The molecule has 0 aromatic heterocycles. The lowest BCUT2D eigenvalue weighted by Gasteiger charge is -2.43. The molecule has 0 aromatic carbocycles. The molecule has 4 atom stereocenters. The Morgan fingerprint density at radius 2 is 2.00 bits per heavy atom. The Kier molecular flexibility index (Phi) is 4.71. The Morgan fingerprint density at radius 3 is 2.56 bits per heavy atom. The van der Waals surface area contributed by atoms with Crippen molar-refractivity contribution in [2.75, 3.05) is 13.1 Å². The van der Waals surface area contributed by atoms with Gasteiger partial charge < -0.3 is 5.73 Å². The van der Waals surface area contributed by atoms with Crippen molar-refractivity contribution < 1.29 is 0 Å². The lowest BCUT2D eigenvalue weighted by molar-refractivity contribution is 0.0684. The van der Waals surface area contributed by atoms with E-state index in [1.807, 2.05) is 0 Å². The highest BCUT2D eigenvalue weighted by molar-refractivity contribution is 4.99. The maximum Gasteiger partial charge on any atom is 0.0334 e. The number of rotatable bonds is 3. The number of likely N-dealkylation sites (tertiary alicyclic amines) is 1. The predicted molar refractivity (Wildman–Crippen MR) is 78.6 cm³/mol. The quantitative estimate of drug-likeness (QED) is 0.780. The molecule has 0 bridgehead atoms. The van der Waals surface area contributed by atoms with Gasteiger partial charge in [0, 0.05) is 24.7 Å². The number of nitrogens with zero attached hydrogens (tertiary/aromatic N) is 1. The zero-order valence-electron chi connectivity index (χ0n) is 12.6. The molecule has 2 fully saturated rings. The minimum absolute atomic E-state index is 0.327. The fourth-order valence-corrected chi connectivity index (χ4v) is 4.44. The van der Waals surface area contributed by atoms with Crippen LogP contribution < -0.4 is 5.73 Å². The highest BCUT2D eigenvalue weighted by Crippen LogP contribution is 2.40. The maximum atomic E-state index is 6.24. The van der Waals surface area contributed by atoms with Gasteiger partial charge in [-0.1, -0.05) is 33.1 Å². The molecule has 2 aliphatic rings. The molecule has 1 saturated carbocycles. The molecule has 1 aliphatic carbocycles. The van der Waals surface area contributed by atoms with Crippen molar-refractivity contribution in [3.8, 4) is 0 Å². The third kappa shape index (κ3) is 2.75. The molecule has 0 radical (unpaired) electrons. The summed E-state index contributed by atoms with van der Waals surface area (Å²) in [7, 11) is 0. The van der Waals surface area contributed by atoms with Crippen molar-refractivity contribution in [1.29, 1.82) is 0 Å². The summed E-state index contributed by atoms with van der Waals surface area (Å²) in [6, 6.07) is 0.738. The summed E-state index contributed by atoms with van der Waals surface area (Å²) < 4.78 is 0. The van der Waals surface area contributed by atoms with Crippen molar-refractivity contribution in [3.63, 3.8) is 0 Å². The molecule has 1 saturated heterocycles. The summed E-state index contributed by atoms with van der Waals surface area (Å²) in [5.74, 6) is 1.81. The zero-order chi connectivity index (χ0) is 13.2. The van der Waals surface area contributed by atoms with Crippen LogP contribution >= 0.6 is 0 Å². The summed E-state index contributed by atoms with van der Waals surface area (Å²) in [6.07, 6.45) is 9.58. The molecule has 0 amide bonds. The Morgan fingerprint density at radius 1 is 1.22 bits per heavy atom. The highest BCUT2D eigenvalue weighted by Gasteiger charge is 2.42. The van der Waals surface area contributed by atoms with Gasteiger partial charge in [0.05, 0.1) is 0 Å². The molecule has 1 heterocycles. The van der Waals surface area contributed by atoms with Gasteiger partial charge in [0.2, 0.25) is 0 Å². The van der Waals surface area contributed by atoms with E-state index in [0.29, 0.717) is 5.54 Å². The Bertz CT molecular complexity index is 266. The minimum Gasteiger partial charge on any atom is -0.329 e. The molecule has 2 heteroatoms. The summed E-state index contributed by atoms with van der Waals surface area (Å²) in [5, 5.41) is 0. The van der Waals surface area contributed by atoms with Crippen LogP contribution in [0.2, 0.25) is 0 Å². The molecule has 1 aliphatic heterocycles. The number of nitrogens with two attached hydrogens (primary N) is 1. The van der Waals surface area contributed by atoms with Crippen LogP contribution in [0.25, 0.3) is 0 Å². The Hall–Kier alpha value is -0.0800. The van der Waals surface area contributed by atoms with E-state index in [-0.39, 0.29) is 0 Å². The average molecular weight is 252 g/mol. The van der Waals surface area contributed by atoms with Crippen LogP contribution in [0, 0.1) is 11.8 Å². The summed E-state index contributed by atoms with van der Waals surface area (Å²) >= 11 is 0. The van der Waals surface area contributed by atoms with E-state index in [0.717, 1.165) is 24.4 Å². The van der Waals surface area contributed by atoms with Crippen molar-refractivity contribution in [2.24, 2.45) is 17.6 Å². The van der Waals surface area contributed by atoms with Gasteiger partial charge in [-0.2, -0.15) is 0 Å². The monoisotopic (exact) mass is 252 g/mol. The van der Waals surface area contributed by atoms with Crippen molar-refractivity contribution in [2.45, 2.75) is 77.3 Å². The molecule has 18 heavy (non-hydrogen) atoms. The van der Waals surface area contributed by atoms with Crippen LogP contribution in [0.5, 0.6) is 0 Å². The lowest BCUT2D eigenvalue weighted by atomic mass is 9.87. The van der Waals surface area contributed by atoms with Gasteiger partial charge in [-0.15, -0.1) is 0 Å². The van der Waals surface area contributed by atoms with Gasteiger partial charge >= 0.3 is 0 Å².